The summed E-state index contributed by atoms with van der Waals surface area (Å²) < 4.78 is 5.68. The molecule has 1 aliphatic heterocycles. The Morgan fingerprint density at radius 1 is 1.55 bits per heavy atom. The molecule has 0 saturated carbocycles. The number of aryl methyl sites for hydroxylation is 1. The second-order valence-electron chi connectivity index (χ2n) is 5.57. The summed E-state index contributed by atoms with van der Waals surface area (Å²) in [5, 5.41) is 10.5. The lowest BCUT2D eigenvalue weighted by atomic mass is 10.1. The minimum absolute atomic E-state index is 0.267. The molecule has 0 spiro atoms. The molecule has 110 valence electrons. The Bertz CT molecular complexity index is 478. The van der Waals surface area contributed by atoms with E-state index in [0.29, 0.717) is 25.9 Å². The van der Waals surface area contributed by atoms with Gasteiger partial charge in [0, 0.05) is 26.1 Å². The number of carbonyl (C=O) groups is 1. The number of nitrogens with two attached hydrogens (primary N) is 1. The van der Waals surface area contributed by atoms with Crippen molar-refractivity contribution in [1.82, 2.24) is 4.90 Å². The van der Waals surface area contributed by atoms with Crippen LogP contribution in [0.5, 0.6) is 5.75 Å². The van der Waals surface area contributed by atoms with Crippen molar-refractivity contribution in [3.8, 4) is 5.75 Å². The number of β-amino-alcohol motifs (C(OH)–C–C–N with tert-alkyl or cyclic N) is 1. The maximum absolute atomic E-state index is 10.8. The summed E-state index contributed by atoms with van der Waals surface area (Å²) in [6.07, 6.45) is 0.979. The van der Waals surface area contributed by atoms with Crippen LogP contribution in [0.3, 0.4) is 0 Å². The first-order chi connectivity index (χ1) is 9.47. The predicted molar refractivity (Wildman–Crippen MR) is 76.5 cm³/mol. The SMILES string of the molecule is Cc1cccc(OCC2(O)CCN(CCC(N)=O)C2)c1. The second kappa shape index (κ2) is 6.24. The maximum Gasteiger partial charge on any atom is 0.218 e. The predicted octanol–water partition coefficient (Wildman–Crippen LogP) is 0.686. The van der Waals surface area contributed by atoms with Crippen LogP contribution in [-0.2, 0) is 4.79 Å². The third-order valence-electron chi connectivity index (χ3n) is 3.58. The van der Waals surface area contributed by atoms with E-state index in [-0.39, 0.29) is 12.5 Å². The summed E-state index contributed by atoms with van der Waals surface area (Å²) in [6, 6.07) is 7.77. The Kier molecular flexibility index (Phi) is 4.62. The van der Waals surface area contributed by atoms with Crippen molar-refractivity contribution in [2.24, 2.45) is 5.73 Å². The van der Waals surface area contributed by atoms with Crippen molar-refractivity contribution in [2.75, 3.05) is 26.2 Å². The van der Waals surface area contributed by atoms with E-state index >= 15 is 0 Å². The molecule has 3 N–H and O–H groups in total. The number of likely N-dealkylation sites (tertiary alicyclic amines) is 1. The molecule has 5 heteroatoms. The molecule has 1 aliphatic rings. The number of carbonyl (C=O) groups excluding carboxylic acids is 1. The highest BCUT2D eigenvalue weighted by atomic mass is 16.5. The van der Waals surface area contributed by atoms with Crippen LogP contribution in [-0.4, -0.2) is 47.8 Å². The highest BCUT2D eigenvalue weighted by molar-refractivity contribution is 5.73. The van der Waals surface area contributed by atoms with Crippen molar-refractivity contribution < 1.29 is 14.6 Å². The van der Waals surface area contributed by atoms with Crippen LogP contribution in [0, 0.1) is 6.92 Å². The fourth-order valence-corrected chi connectivity index (χ4v) is 2.44. The molecule has 1 heterocycles. The lowest BCUT2D eigenvalue weighted by Gasteiger charge is -2.23. The number of amides is 1. The molecule has 0 radical (unpaired) electrons. The van der Waals surface area contributed by atoms with Crippen molar-refractivity contribution in [1.29, 1.82) is 0 Å². The Balaban J connectivity index is 1.82. The van der Waals surface area contributed by atoms with Crippen molar-refractivity contribution in [3.05, 3.63) is 29.8 Å². The number of nitrogens with zero attached hydrogens (tertiary/aromatic N) is 1. The van der Waals surface area contributed by atoms with Gasteiger partial charge in [0.25, 0.3) is 0 Å². The highest BCUT2D eigenvalue weighted by Gasteiger charge is 2.36. The minimum atomic E-state index is -0.846. The zero-order valence-corrected chi connectivity index (χ0v) is 11.8. The van der Waals surface area contributed by atoms with E-state index in [1.54, 1.807) is 0 Å². The normalized spacial score (nSPS) is 22.9. The molecule has 1 aromatic carbocycles. The first-order valence-corrected chi connectivity index (χ1v) is 6.89. The molecule has 1 fully saturated rings. The lowest BCUT2D eigenvalue weighted by molar-refractivity contribution is -0.118. The number of hydrogen-bond donors (Lipinski definition) is 2. The Labute approximate surface area is 119 Å². The summed E-state index contributed by atoms with van der Waals surface area (Å²) in [7, 11) is 0. The average molecular weight is 278 g/mol. The van der Waals surface area contributed by atoms with Gasteiger partial charge in [-0.25, -0.2) is 0 Å². The molecule has 20 heavy (non-hydrogen) atoms. The molecule has 2 rings (SSSR count). The Morgan fingerprint density at radius 3 is 3.05 bits per heavy atom. The van der Waals surface area contributed by atoms with Crippen LogP contribution >= 0.6 is 0 Å². The fourth-order valence-electron chi connectivity index (χ4n) is 2.44. The minimum Gasteiger partial charge on any atom is -0.491 e. The van der Waals surface area contributed by atoms with Crippen LogP contribution in [0.15, 0.2) is 24.3 Å². The quantitative estimate of drug-likeness (QED) is 0.802. The molecular formula is C15H22N2O3. The van der Waals surface area contributed by atoms with Crippen LogP contribution < -0.4 is 10.5 Å². The summed E-state index contributed by atoms with van der Waals surface area (Å²) in [5.74, 6) is 0.463. The lowest BCUT2D eigenvalue weighted by Crippen LogP contribution is -2.39. The van der Waals surface area contributed by atoms with E-state index in [1.165, 1.54) is 0 Å². The van der Waals surface area contributed by atoms with Gasteiger partial charge in [-0.2, -0.15) is 0 Å². The van der Waals surface area contributed by atoms with Gasteiger partial charge in [0.1, 0.15) is 18.0 Å². The van der Waals surface area contributed by atoms with Gasteiger partial charge in [-0.3, -0.25) is 9.69 Å². The standard InChI is InChI=1S/C15H22N2O3/c1-12-3-2-4-13(9-12)20-11-15(19)6-8-17(10-15)7-5-14(16)18/h2-4,9,19H,5-8,10-11H2,1H3,(H2,16,18). The monoisotopic (exact) mass is 278 g/mol. The van der Waals surface area contributed by atoms with Crippen LogP contribution in [0.2, 0.25) is 0 Å². The van der Waals surface area contributed by atoms with Crippen molar-refractivity contribution >= 4 is 5.91 Å². The summed E-state index contributed by atoms with van der Waals surface area (Å²) in [5.41, 5.74) is 5.42. The third-order valence-corrected chi connectivity index (χ3v) is 3.58. The second-order valence-corrected chi connectivity index (χ2v) is 5.57. The smallest absolute Gasteiger partial charge is 0.218 e. The van der Waals surface area contributed by atoms with Crippen molar-refractivity contribution in [3.63, 3.8) is 0 Å². The molecule has 0 aliphatic carbocycles. The van der Waals surface area contributed by atoms with E-state index in [2.05, 4.69) is 0 Å². The fraction of sp³-hybridized carbons (Fsp3) is 0.533. The van der Waals surface area contributed by atoms with Gasteiger partial charge in [0.15, 0.2) is 0 Å². The highest BCUT2D eigenvalue weighted by Crippen LogP contribution is 2.23. The molecule has 5 nitrogen and oxygen atoms in total. The molecule has 1 amide bonds. The average Bonchev–Trinajstić information content (AvgIpc) is 2.77. The van der Waals surface area contributed by atoms with E-state index in [1.807, 2.05) is 36.1 Å². The van der Waals surface area contributed by atoms with Gasteiger partial charge in [0.05, 0.1) is 0 Å². The molecular weight excluding hydrogens is 256 g/mol. The summed E-state index contributed by atoms with van der Waals surface area (Å²) in [6.45, 7) is 4.15. The molecule has 0 bridgehead atoms. The Morgan fingerprint density at radius 2 is 2.35 bits per heavy atom. The maximum atomic E-state index is 10.8. The number of benzene rings is 1. The van der Waals surface area contributed by atoms with Gasteiger partial charge in [-0.05, 0) is 31.0 Å². The first kappa shape index (κ1) is 14.8. The molecule has 0 aromatic heterocycles. The van der Waals surface area contributed by atoms with Gasteiger partial charge in [-0.15, -0.1) is 0 Å². The van der Waals surface area contributed by atoms with Gasteiger partial charge < -0.3 is 15.6 Å². The number of hydrogen-bond acceptors (Lipinski definition) is 4. The zero-order valence-electron chi connectivity index (χ0n) is 11.8. The van der Waals surface area contributed by atoms with Gasteiger partial charge in [0.2, 0.25) is 5.91 Å². The topological polar surface area (TPSA) is 75.8 Å². The van der Waals surface area contributed by atoms with E-state index in [9.17, 15) is 9.90 Å². The molecule has 1 unspecified atom stereocenters. The Hall–Kier alpha value is -1.59. The summed E-state index contributed by atoms with van der Waals surface area (Å²) >= 11 is 0. The van der Waals surface area contributed by atoms with Crippen LogP contribution in [0.4, 0.5) is 0 Å². The van der Waals surface area contributed by atoms with Crippen LogP contribution in [0.1, 0.15) is 18.4 Å². The molecule has 1 aromatic rings. The van der Waals surface area contributed by atoms with Crippen molar-refractivity contribution in [2.45, 2.75) is 25.4 Å². The largest absolute Gasteiger partial charge is 0.491 e. The van der Waals surface area contributed by atoms with E-state index in [4.69, 9.17) is 10.5 Å². The van der Waals surface area contributed by atoms with Gasteiger partial charge in [-0.1, -0.05) is 12.1 Å². The molecule has 1 saturated heterocycles. The number of ether oxygens (including phenoxy) is 1. The number of primary amides is 1. The molecule has 1 atom stereocenters. The van der Waals surface area contributed by atoms with E-state index < -0.39 is 5.60 Å². The van der Waals surface area contributed by atoms with Gasteiger partial charge >= 0.3 is 0 Å². The zero-order chi connectivity index (χ0) is 14.6. The summed E-state index contributed by atoms with van der Waals surface area (Å²) in [4.78, 5) is 12.8. The van der Waals surface area contributed by atoms with Crippen LogP contribution in [0.25, 0.3) is 0 Å². The van der Waals surface area contributed by atoms with E-state index in [0.717, 1.165) is 17.9 Å². The number of rotatable bonds is 6. The number of aliphatic hydroxyl groups is 1. The third kappa shape index (κ3) is 4.21. The first-order valence-electron chi connectivity index (χ1n) is 6.89.